The van der Waals surface area contributed by atoms with Crippen LogP contribution in [-0.2, 0) is 4.79 Å². The van der Waals surface area contributed by atoms with Crippen LogP contribution >= 0.6 is 0 Å². The van der Waals surface area contributed by atoms with Crippen LogP contribution in [0.2, 0.25) is 0 Å². The predicted octanol–water partition coefficient (Wildman–Crippen LogP) is 2.80. The third-order valence-electron chi connectivity index (χ3n) is 4.96. The smallest absolute Gasteiger partial charge is 0.326 e. The van der Waals surface area contributed by atoms with Crippen molar-refractivity contribution in [3.8, 4) is 0 Å². The Hall–Kier alpha value is -1.26. The summed E-state index contributed by atoms with van der Waals surface area (Å²) >= 11 is 0. The summed E-state index contributed by atoms with van der Waals surface area (Å²) in [4.78, 5) is 27.6. The zero-order valence-electron chi connectivity index (χ0n) is 13.4. The Morgan fingerprint density at radius 2 is 1.95 bits per heavy atom. The van der Waals surface area contributed by atoms with Crippen LogP contribution in [0.4, 0.5) is 4.79 Å². The first-order chi connectivity index (χ1) is 9.91. The van der Waals surface area contributed by atoms with Gasteiger partial charge in [-0.25, -0.2) is 9.59 Å². The van der Waals surface area contributed by atoms with E-state index in [4.69, 9.17) is 0 Å². The number of rotatable bonds is 4. The SMILES string of the molecule is CC(C)CCN(C)C(=O)N1C(C(=O)O)CC2CCCCC21. The Bertz CT molecular complexity index is 397. The van der Waals surface area contributed by atoms with Crippen molar-refractivity contribution in [3.05, 3.63) is 0 Å². The van der Waals surface area contributed by atoms with E-state index in [0.29, 0.717) is 24.8 Å². The Balaban J connectivity index is 2.09. The molecule has 3 unspecified atom stereocenters. The van der Waals surface area contributed by atoms with Crippen molar-refractivity contribution in [2.75, 3.05) is 13.6 Å². The Morgan fingerprint density at radius 3 is 2.57 bits per heavy atom. The maximum atomic E-state index is 12.7. The number of fused-ring (bicyclic) bond motifs is 1. The van der Waals surface area contributed by atoms with E-state index in [0.717, 1.165) is 25.7 Å². The van der Waals surface area contributed by atoms with E-state index in [1.54, 1.807) is 16.8 Å². The highest BCUT2D eigenvalue weighted by atomic mass is 16.4. The first-order valence-electron chi connectivity index (χ1n) is 8.18. The quantitative estimate of drug-likeness (QED) is 0.867. The number of nitrogens with zero attached hydrogens (tertiary/aromatic N) is 2. The molecule has 21 heavy (non-hydrogen) atoms. The molecule has 2 fully saturated rings. The van der Waals surface area contributed by atoms with Gasteiger partial charge in [0.15, 0.2) is 0 Å². The molecule has 0 bridgehead atoms. The van der Waals surface area contributed by atoms with Crippen molar-refractivity contribution < 1.29 is 14.7 Å². The average Bonchev–Trinajstić information content (AvgIpc) is 2.83. The minimum absolute atomic E-state index is 0.0996. The van der Waals surface area contributed by atoms with Crippen LogP contribution in [0.3, 0.4) is 0 Å². The lowest BCUT2D eigenvalue weighted by molar-refractivity contribution is -0.141. The third kappa shape index (κ3) is 3.50. The van der Waals surface area contributed by atoms with E-state index in [1.807, 2.05) is 0 Å². The van der Waals surface area contributed by atoms with E-state index in [-0.39, 0.29) is 12.1 Å². The standard InChI is InChI=1S/C16H28N2O3/c1-11(2)8-9-17(3)16(21)18-13-7-5-4-6-12(13)10-14(18)15(19)20/h11-14H,4-10H2,1-3H3,(H,19,20). The number of aliphatic carboxylic acids is 1. The summed E-state index contributed by atoms with van der Waals surface area (Å²) in [6.07, 6.45) is 5.86. The summed E-state index contributed by atoms with van der Waals surface area (Å²) in [6, 6.07) is -0.599. The highest BCUT2D eigenvalue weighted by Crippen LogP contribution is 2.40. The number of carbonyl (C=O) groups is 2. The summed E-state index contributed by atoms with van der Waals surface area (Å²) in [5.74, 6) is 0.0637. The van der Waals surface area contributed by atoms with Gasteiger partial charge in [-0.15, -0.1) is 0 Å². The number of carbonyl (C=O) groups excluding carboxylic acids is 1. The van der Waals surface area contributed by atoms with Crippen molar-refractivity contribution >= 4 is 12.0 Å². The van der Waals surface area contributed by atoms with Gasteiger partial charge in [0.25, 0.3) is 0 Å². The van der Waals surface area contributed by atoms with Gasteiger partial charge in [0, 0.05) is 19.6 Å². The molecule has 1 aliphatic carbocycles. The van der Waals surface area contributed by atoms with Gasteiger partial charge in [0.05, 0.1) is 0 Å². The highest BCUT2D eigenvalue weighted by molar-refractivity contribution is 5.83. The highest BCUT2D eigenvalue weighted by Gasteiger charge is 2.48. The van der Waals surface area contributed by atoms with Crippen LogP contribution in [-0.4, -0.2) is 52.6 Å². The zero-order chi connectivity index (χ0) is 15.6. The molecule has 1 saturated carbocycles. The topological polar surface area (TPSA) is 60.9 Å². The summed E-state index contributed by atoms with van der Waals surface area (Å²) in [5, 5.41) is 9.47. The summed E-state index contributed by atoms with van der Waals surface area (Å²) in [6.45, 7) is 4.95. The fourth-order valence-corrected chi connectivity index (χ4v) is 3.70. The molecule has 1 N–H and O–H groups in total. The largest absolute Gasteiger partial charge is 0.480 e. The Kier molecular flexibility index (Phi) is 5.12. The van der Waals surface area contributed by atoms with Crippen LogP contribution in [0, 0.1) is 11.8 Å². The molecule has 2 aliphatic rings. The number of carboxylic acids is 1. The second kappa shape index (κ2) is 6.67. The van der Waals surface area contributed by atoms with Crippen molar-refractivity contribution in [2.45, 2.75) is 64.5 Å². The monoisotopic (exact) mass is 296 g/mol. The first kappa shape index (κ1) is 16.1. The van der Waals surface area contributed by atoms with Gasteiger partial charge < -0.3 is 14.9 Å². The molecule has 0 aromatic rings. The lowest BCUT2D eigenvalue weighted by atomic mass is 9.85. The van der Waals surface area contributed by atoms with Gasteiger partial charge in [-0.3, -0.25) is 0 Å². The fraction of sp³-hybridized carbons (Fsp3) is 0.875. The maximum Gasteiger partial charge on any atom is 0.326 e. The second-order valence-electron chi connectivity index (χ2n) is 7.00. The Morgan fingerprint density at radius 1 is 1.29 bits per heavy atom. The van der Waals surface area contributed by atoms with Gasteiger partial charge in [-0.2, -0.15) is 0 Å². The molecule has 120 valence electrons. The minimum Gasteiger partial charge on any atom is -0.480 e. The molecule has 0 aromatic heterocycles. The van der Waals surface area contributed by atoms with Crippen LogP contribution in [0.1, 0.15) is 52.4 Å². The molecule has 1 saturated heterocycles. The average molecular weight is 296 g/mol. The molecule has 0 aromatic carbocycles. The molecular weight excluding hydrogens is 268 g/mol. The van der Waals surface area contributed by atoms with E-state index >= 15 is 0 Å². The minimum atomic E-state index is -0.852. The number of hydrogen-bond donors (Lipinski definition) is 1. The first-order valence-corrected chi connectivity index (χ1v) is 8.18. The molecule has 2 amide bonds. The lowest BCUT2D eigenvalue weighted by Gasteiger charge is -2.35. The molecule has 5 heteroatoms. The molecular formula is C16H28N2O3. The van der Waals surface area contributed by atoms with Crippen molar-refractivity contribution in [3.63, 3.8) is 0 Å². The molecule has 0 radical (unpaired) electrons. The maximum absolute atomic E-state index is 12.7. The summed E-state index contributed by atoms with van der Waals surface area (Å²) < 4.78 is 0. The molecule has 1 aliphatic heterocycles. The van der Waals surface area contributed by atoms with Gasteiger partial charge in [0.2, 0.25) is 0 Å². The van der Waals surface area contributed by atoms with E-state index in [2.05, 4.69) is 13.8 Å². The van der Waals surface area contributed by atoms with E-state index in [9.17, 15) is 14.7 Å². The normalized spacial score (nSPS) is 28.6. The van der Waals surface area contributed by atoms with Crippen molar-refractivity contribution in [1.29, 1.82) is 0 Å². The van der Waals surface area contributed by atoms with E-state index in [1.165, 1.54) is 6.42 Å². The van der Waals surface area contributed by atoms with Crippen LogP contribution < -0.4 is 0 Å². The number of carboxylic acid groups (broad SMARTS) is 1. The number of hydrogen-bond acceptors (Lipinski definition) is 2. The Labute approximate surface area is 127 Å². The molecule has 1 heterocycles. The van der Waals surface area contributed by atoms with Gasteiger partial charge >= 0.3 is 12.0 Å². The third-order valence-corrected chi connectivity index (χ3v) is 4.96. The van der Waals surface area contributed by atoms with Crippen LogP contribution in [0.25, 0.3) is 0 Å². The van der Waals surface area contributed by atoms with Crippen molar-refractivity contribution in [1.82, 2.24) is 9.80 Å². The molecule has 2 rings (SSSR count). The van der Waals surface area contributed by atoms with Gasteiger partial charge in [-0.05, 0) is 37.5 Å². The van der Waals surface area contributed by atoms with E-state index < -0.39 is 12.0 Å². The van der Waals surface area contributed by atoms with Gasteiger partial charge in [0.1, 0.15) is 6.04 Å². The molecule has 0 spiro atoms. The fourth-order valence-electron chi connectivity index (χ4n) is 3.70. The lowest BCUT2D eigenvalue weighted by Crippen LogP contribution is -2.51. The summed E-state index contributed by atoms with van der Waals surface area (Å²) in [7, 11) is 1.79. The number of urea groups is 1. The van der Waals surface area contributed by atoms with Crippen molar-refractivity contribution in [2.24, 2.45) is 11.8 Å². The predicted molar refractivity (Wildman–Crippen MR) is 81.1 cm³/mol. The second-order valence-corrected chi connectivity index (χ2v) is 7.00. The van der Waals surface area contributed by atoms with Gasteiger partial charge in [-0.1, -0.05) is 26.7 Å². The number of likely N-dealkylation sites (tertiary alicyclic amines) is 1. The molecule has 5 nitrogen and oxygen atoms in total. The van der Waals surface area contributed by atoms with Crippen LogP contribution in [0.5, 0.6) is 0 Å². The summed E-state index contributed by atoms with van der Waals surface area (Å²) in [5.41, 5.74) is 0. The zero-order valence-corrected chi connectivity index (χ0v) is 13.4. The number of amides is 2. The van der Waals surface area contributed by atoms with Crippen LogP contribution in [0.15, 0.2) is 0 Å². The molecule has 3 atom stereocenters.